The fourth-order valence-corrected chi connectivity index (χ4v) is 2.89. The van der Waals surface area contributed by atoms with Crippen molar-refractivity contribution in [3.63, 3.8) is 0 Å². The molecule has 0 radical (unpaired) electrons. The maximum Gasteiger partial charge on any atom is 0.270 e. The van der Waals surface area contributed by atoms with Crippen molar-refractivity contribution in [2.24, 2.45) is 0 Å². The lowest BCUT2D eigenvalue weighted by Crippen LogP contribution is -2.27. The molecular weight excluding hydrogens is 357 g/mol. The first-order chi connectivity index (χ1) is 12.1. The number of benzene rings is 2. The van der Waals surface area contributed by atoms with Gasteiger partial charge in [-0.15, -0.1) is 0 Å². The molecule has 1 aliphatic carbocycles. The van der Waals surface area contributed by atoms with Crippen LogP contribution >= 0.6 is 23.2 Å². The predicted octanol–water partition coefficient (Wildman–Crippen LogP) is 4.74. The van der Waals surface area contributed by atoms with Gasteiger partial charge in [0.2, 0.25) is 0 Å². The monoisotopic (exact) mass is 371 g/mol. The Kier molecular flexibility index (Phi) is 4.24. The fourth-order valence-electron chi connectivity index (χ4n) is 2.59. The van der Waals surface area contributed by atoms with E-state index in [1.807, 2.05) is 30.3 Å². The summed E-state index contributed by atoms with van der Waals surface area (Å²) in [6.07, 6.45) is 2.05. The minimum Gasteiger partial charge on any atom is -0.348 e. The van der Waals surface area contributed by atoms with Crippen LogP contribution in [-0.4, -0.2) is 21.7 Å². The van der Waals surface area contributed by atoms with Crippen LogP contribution in [0.25, 0.3) is 16.9 Å². The van der Waals surface area contributed by atoms with Crippen LogP contribution in [0.5, 0.6) is 0 Å². The van der Waals surface area contributed by atoms with Gasteiger partial charge in [0.15, 0.2) is 0 Å². The Morgan fingerprint density at radius 1 is 1.04 bits per heavy atom. The number of hydrogen-bond acceptors (Lipinski definition) is 2. The molecule has 0 unspecified atom stereocenters. The van der Waals surface area contributed by atoms with Crippen LogP contribution in [0.3, 0.4) is 0 Å². The normalized spacial score (nSPS) is 13.7. The van der Waals surface area contributed by atoms with Gasteiger partial charge >= 0.3 is 0 Å². The zero-order valence-corrected chi connectivity index (χ0v) is 14.8. The van der Waals surface area contributed by atoms with E-state index in [-0.39, 0.29) is 11.9 Å². The SMILES string of the molecule is O=C(NC1CC1)c1cc(-c2ccccc2)nn1-c1ccc(Cl)c(Cl)c1. The van der Waals surface area contributed by atoms with Crippen molar-refractivity contribution in [1.29, 1.82) is 0 Å². The minimum absolute atomic E-state index is 0.136. The van der Waals surface area contributed by atoms with Gasteiger partial charge in [0.1, 0.15) is 5.69 Å². The standard InChI is InChI=1S/C19H15Cl2N3O/c20-15-9-8-14(10-16(15)21)24-18(19(25)22-13-6-7-13)11-17(23-24)12-4-2-1-3-5-12/h1-5,8-11,13H,6-7H2,(H,22,25). The van der Waals surface area contributed by atoms with Crippen molar-refractivity contribution < 1.29 is 4.79 Å². The number of amides is 1. The number of nitrogens with one attached hydrogen (secondary N) is 1. The van der Waals surface area contributed by atoms with Gasteiger partial charge in [0, 0.05) is 11.6 Å². The highest BCUT2D eigenvalue weighted by Crippen LogP contribution is 2.27. The predicted molar refractivity (Wildman–Crippen MR) is 99.5 cm³/mol. The fraction of sp³-hybridized carbons (Fsp3) is 0.158. The zero-order chi connectivity index (χ0) is 17.4. The molecule has 1 amide bonds. The molecule has 0 bridgehead atoms. The highest BCUT2D eigenvalue weighted by atomic mass is 35.5. The average Bonchev–Trinajstić information content (AvgIpc) is 3.32. The van der Waals surface area contributed by atoms with Crippen LogP contribution in [0.4, 0.5) is 0 Å². The Labute approximate surface area is 155 Å². The molecule has 1 fully saturated rings. The number of aromatic nitrogens is 2. The third-order valence-corrected chi connectivity index (χ3v) is 4.81. The molecule has 2 aromatic carbocycles. The van der Waals surface area contributed by atoms with E-state index >= 15 is 0 Å². The third-order valence-electron chi connectivity index (χ3n) is 4.07. The number of carbonyl (C=O) groups excluding carboxylic acids is 1. The largest absolute Gasteiger partial charge is 0.348 e. The topological polar surface area (TPSA) is 46.9 Å². The van der Waals surface area contributed by atoms with E-state index < -0.39 is 0 Å². The first kappa shape index (κ1) is 16.2. The lowest BCUT2D eigenvalue weighted by atomic mass is 10.1. The molecule has 25 heavy (non-hydrogen) atoms. The lowest BCUT2D eigenvalue weighted by Gasteiger charge is -2.08. The highest BCUT2D eigenvalue weighted by molar-refractivity contribution is 6.42. The minimum atomic E-state index is -0.136. The van der Waals surface area contributed by atoms with Crippen molar-refractivity contribution in [3.05, 3.63) is 70.3 Å². The number of halogens is 2. The summed E-state index contributed by atoms with van der Waals surface area (Å²) in [5.41, 5.74) is 2.84. The van der Waals surface area contributed by atoms with Gasteiger partial charge in [-0.2, -0.15) is 5.10 Å². The molecule has 1 aromatic heterocycles. The van der Waals surface area contributed by atoms with E-state index in [0.717, 1.165) is 24.1 Å². The van der Waals surface area contributed by atoms with Crippen molar-refractivity contribution in [2.75, 3.05) is 0 Å². The van der Waals surface area contributed by atoms with Crippen LogP contribution in [-0.2, 0) is 0 Å². The average molecular weight is 372 g/mol. The molecule has 0 atom stereocenters. The van der Waals surface area contributed by atoms with E-state index in [0.29, 0.717) is 21.4 Å². The lowest BCUT2D eigenvalue weighted by molar-refractivity contribution is 0.0943. The summed E-state index contributed by atoms with van der Waals surface area (Å²) in [7, 11) is 0. The highest BCUT2D eigenvalue weighted by Gasteiger charge is 2.26. The van der Waals surface area contributed by atoms with Crippen LogP contribution < -0.4 is 5.32 Å². The molecular formula is C19H15Cl2N3O. The van der Waals surface area contributed by atoms with Gasteiger partial charge in [-0.3, -0.25) is 4.79 Å². The summed E-state index contributed by atoms with van der Waals surface area (Å²) in [6.45, 7) is 0. The quantitative estimate of drug-likeness (QED) is 0.719. The zero-order valence-electron chi connectivity index (χ0n) is 13.2. The summed E-state index contributed by atoms with van der Waals surface area (Å²) in [5.74, 6) is -0.136. The Morgan fingerprint density at radius 2 is 1.80 bits per heavy atom. The van der Waals surface area contributed by atoms with Gasteiger partial charge in [-0.1, -0.05) is 53.5 Å². The Bertz CT molecular complexity index is 933. The van der Waals surface area contributed by atoms with Gasteiger partial charge in [-0.25, -0.2) is 4.68 Å². The van der Waals surface area contributed by atoms with Crippen LogP contribution in [0.15, 0.2) is 54.6 Å². The molecule has 0 saturated heterocycles. The molecule has 0 aliphatic heterocycles. The van der Waals surface area contributed by atoms with Crippen molar-refractivity contribution in [2.45, 2.75) is 18.9 Å². The smallest absolute Gasteiger partial charge is 0.270 e. The van der Waals surface area contributed by atoms with Gasteiger partial charge < -0.3 is 5.32 Å². The third kappa shape index (κ3) is 3.41. The van der Waals surface area contributed by atoms with Crippen molar-refractivity contribution >= 4 is 29.1 Å². The summed E-state index contributed by atoms with van der Waals surface area (Å²) < 4.78 is 1.61. The van der Waals surface area contributed by atoms with Crippen LogP contribution in [0.2, 0.25) is 10.0 Å². The molecule has 0 spiro atoms. The van der Waals surface area contributed by atoms with E-state index in [4.69, 9.17) is 23.2 Å². The molecule has 4 rings (SSSR count). The van der Waals surface area contributed by atoms with Gasteiger partial charge in [-0.05, 0) is 37.1 Å². The van der Waals surface area contributed by atoms with Gasteiger partial charge in [0.25, 0.3) is 5.91 Å². The van der Waals surface area contributed by atoms with Crippen molar-refractivity contribution in [1.82, 2.24) is 15.1 Å². The first-order valence-electron chi connectivity index (χ1n) is 8.03. The van der Waals surface area contributed by atoms with E-state index in [1.165, 1.54) is 0 Å². The molecule has 1 heterocycles. The van der Waals surface area contributed by atoms with E-state index in [1.54, 1.807) is 28.9 Å². The van der Waals surface area contributed by atoms with Gasteiger partial charge in [0.05, 0.1) is 21.4 Å². The molecule has 6 heteroatoms. The van der Waals surface area contributed by atoms with Crippen LogP contribution in [0, 0.1) is 0 Å². The first-order valence-corrected chi connectivity index (χ1v) is 8.79. The second kappa shape index (κ2) is 6.54. The second-order valence-electron chi connectivity index (χ2n) is 6.04. The van der Waals surface area contributed by atoms with Crippen LogP contribution in [0.1, 0.15) is 23.3 Å². The molecule has 1 aliphatic rings. The molecule has 126 valence electrons. The molecule has 4 nitrogen and oxygen atoms in total. The maximum atomic E-state index is 12.7. The summed E-state index contributed by atoms with van der Waals surface area (Å²) in [4.78, 5) is 12.7. The number of hydrogen-bond donors (Lipinski definition) is 1. The number of carbonyl (C=O) groups is 1. The number of rotatable bonds is 4. The Morgan fingerprint density at radius 3 is 2.48 bits per heavy atom. The summed E-state index contributed by atoms with van der Waals surface area (Å²) in [6, 6.07) is 17.0. The van der Waals surface area contributed by atoms with Crippen molar-refractivity contribution in [3.8, 4) is 16.9 Å². The summed E-state index contributed by atoms with van der Waals surface area (Å²) >= 11 is 12.1. The number of nitrogens with zero attached hydrogens (tertiary/aromatic N) is 2. The van der Waals surface area contributed by atoms with E-state index in [9.17, 15) is 4.79 Å². The molecule has 1 saturated carbocycles. The summed E-state index contributed by atoms with van der Waals surface area (Å²) in [5, 5.41) is 8.52. The Hall–Kier alpha value is -2.30. The van der Waals surface area contributed by atoms with E-state index in [2.05, 4.69) is 10.4 Å². The second-order valence-corrected chi connectivity index (χ2v) is 6.85. The molecule has 1 N–H and O–H groups in total. The Balaban J connectivity index is 1.80. The molecule has 3 aromatic rings. The maximum absolute atomic E-state index is 12.7.